The van der Waals surface area contributed by atoms with E-state index in [0.29, 0.717) is 0 Å². The minimum Gasteiger partial charge on any atom is -0.493 e. The predicted molar refractivity (Wildman–Crippen MR) is 110 cm³/mol. The number of pyridine rings is 1. The van der Waals surface area contributed by atoms with E-state index in [1.54, 1.807) is 0 Å². The third kappa shape index (κ3) is 4.29. The molecule has 0 aliphatic carbocycles. The van der Waals surface area contributed by atoms with Crippen LogP contribution in [0.15, 0.2) is 30.5 Å². The molecule has 2 amide bonds. The summed E-state index contributed by atoms with van der Waals surface area (Å²) in [6.45, 7) is 2.28. The van der Waals surface area contributed by atoms with Gasteiger partial charge in [-0.2, -0.15) is 17.6 Å². The van der Waals surface area contributed by atoms with Gasteiger partial charge in [-0.25, -0.2) is 4.39 Å². The molecule has 0 spiro atoms. The van der Waals surface area contributed by atoms with Crippen molar-refractivity contribution in [1.29, 1.82) is 0 Å². The van der Waals surface area contributed by atoms with Crippen LogP contribution in [0.4, 0.5) is 27.6 Å². The number of alkyl halides is 3. The minimum atomic E-state index is -4.89. The van der Waals surface area contributed by atoms with E-state index in [1.165, 1.54) is 19.2 Å². The molecule has 1 aliphatic rings. The van der Waals surface area contributed by atoms with Gasteiger partial charge in [-0.3, -0.25) is 14.6 Å². The lowest BCUT2D eigenvalue weighted by molar-refractivity contribution is -0.274. The van der Waals surface area contributed by atoms with Crippen LogP contribution in [-0.2, 0) is 9.53 Å². The normalized spacial score (nSPS) is 24.6. The van der Waals surface area contributed by atoms with Gasteiger partial charge in [0.2, 0.25) is 5.82 Å². The summed E-state index contributed by atoms with van der Waals surface area (Å²) in [4.78, 5) is 28.2. The highest BCUT2D eigenvalue weighted by atomic mass is 19.4. The lowest BCUT2D eigenvalue weighted by Crippen LogP contribution is -2.48. The Hall–Kier alpha value is -3.28. The fourth-order valence-electron chi connectivity index (χ4n) is 4.37. The number of primary amides is 1. The number of nitrogens with zero attached hydrogens (tertiary/aromatic N) is 1. The Labute approximate surface area is 191 Å². The van der Waals surface area contributed by atoms with Crippen molar-refractivity contribution in [2.45, 2.75) is 44.1 Å². The van der Waals surface area contributed by atoms with Crippen LogP contribution in [0.5, 0.6) is 5.75 Å². The number of methoxy groups -OCH3 is 1. The van der Waals surface area contributed by atoms with E-state index in [-0.39, 0.29) is 23.4 Å². The first-order valence-electron chi connectivity index (χ1n) is 10.2. The van der Waals surface area contributed by atoms with Gasteiger partial charge in [-0.05, 0) is 31.5 Å². The van der Waals surface area contributed by atoms with Crippen molar-refractivity contribution >= 4 is 17.5 Å². The van der Waals surface area contributed by atoms with E-state index in [1.807, 2.05) is 0 Å². The lowest BCUT2D eigenvalue weighted by Gasteiger charge is -2.33. The summed E-state index contributed by atoms with van der Waals surface area (Å²) < 4.78 is 80.9. The zero-order valence-electron chi connectivity index (χ0n) is 18.4. The van der Waals surface area contributed by atoms with Crippen molar-refractivity contribution in [3.63, 3.8) is 0 Å². The van der Waals surface area contributed by atoms with Crippen molar-refractivity contribution in [2.24, 2.45) is 11.7 Å². The molecule has 12 heteroatoms. The Morgan fingerprint density at radius 2 is 1.94 bits per heavy atom. The highest BCUT2D eigenvalue weighted by Gasteiger charge is 2.66. The first kappa shape index (κ1) is 25.3. The van der Waals surface area contributed by atoms with Crippen molar-refractivity contribution in [2.75, 3.05) is 12.4 Å². The average molecular weight is 487 g/mol. The molecular weight excluding hydrogens is 465 g/mol. The van der Waals surface area contributed by atoms with Gasteiger partial charge in [-0.15, -0.1) is 0 Å². The SMILES string of the molecule is CC[C@@H]1[C@H](c2ccc(F)c(F)c2OC)[C@@H](C(=O)Nc2ccnc(C(N)=O)c2)O[C@@]1(C)C(F)(F)F. The number of nitrogens with one attached hydrogen (secondary N) is 1. The first-order chi connectivity index (χ1) is 15.9. The largest absolute Gasteiger partial charge is 0.493 e. The molecule has 7 nitrogen and oxygen atoms in total. The highest BCUT2D eigenvalue weighted by molar-refractivity contribution is 5.97. The third-order valence-electron chi connectivity index (χ3n) is 6.02. The van der Waals surface area contributed by atoms with Crippen LogP contribution in [0, 0.1) is 17.6 Å². The Balaban J connectivity index is 2.11. The van der Waals surface area contributed by atoms with Crippen molar-refractivity contribution in [3.05, 3.63) is 53.4 Å². The van der Waals surface area contributed by atoms with E-state index in [4.69, 9.17) is 15.2 Å². The molecule has 184 valence electrons. The Bertz CT molecular complexity index is 1110. The fourth-order valence-corrected chi connectivity index (χ4v) is 4.37. The van der Waals surface area contributed by atoms with Crippen LogP contribution in [0.2, 0.25) is 0 Å². The van der Waals surface area contributed by atoms with Crippen LogP contribution < -0.4 is 15.8 Å². The lowest BCUT2D eigenvalue weighted by atomic mass is 9.74. The maximum atomic E-state index is 14.5. The minimum absolute atomic E-state index is 0.0297. The van der Waals surface area contributed by atoms with Gasteiger partial charge in [0.25, 0.3) is 11.8 Å². The number of halogens is 5. The summed E-state index contributed by atoms with van der Waals surface area (Å²) in [5.74, 6) is -7.84. The Morgan fingerprint density at radius 3 is 2.50 bits per heavy atom. The summed E-state index contributed by atoms with van der Waals surface area (Å²) in [5, 5.41) is 2.39. The summed E-state index contributed by atoms with van der Waals surface area (Å²) in [6, 6.07) is 4.27. The second-order valence-electron chi connectivity index (χ2n) is 7.95. The van der Waals surface area contributed by atoms with Gasteiger partial charge in [0.15, 0.2) is 17.2 Å². The van der Waals surface area contributed by atoms with E-state index in [0.717, 1.165) is 32.2 Å². The number of ether oxygens (including phenoxy) is 2. The van der Waals surface area contributed by atoms with Crippen LogP contribution in [0.3, 0.4) is 0 Å². The number of carbonyl (C=O) groups excluding carboxylic acids is 2. The zero-order chi connectivity index (χ0) is 25.4. The topological polar surface area (TPSA) is 104 Å². The molecule has 1 fully saturated rings. The molecule has 1 aromatic carbocycles. The van der Waals surface area contributed by atoms with Crippen molar-refractivity contribution in [3.8, 4) is 5.75 Å². The van der Waals surface area contributed by atoms with Crippen LogP contribution in [0.25, 0.3) is 0 Å². The maximum absolute atomic E-state index is 14.5. The molecule has 0 radical (unpaired) electrons. The fraction of sp³-hybridized carbons (Fsp3) is 0.409. The molecule has 1 aromatic heterocycles. The van der Waals surface area contributed by atoms with Crippen molar-refractivity contribution in [1.82, 2.24) is 4.98 Å². The average Bonchev–Trinajstić information content (AvgIpc) is 3.09. The summed E-state index contributed by atoms with van der Waals surface area (Å²) in [7, 11) is 1.04. The number of hydrogen-bond acceptors (Lipinski definition) is 5. The molecule has 0 unspecified atom stereocenters. The summed E-state index contributed by atoms with van der Waals surface area (Å²) in [6.07, 6.45) is -5.58. The maximum Gasteiger partial charge on any atom is 0.417 e. The second-order valence-corrected chi connectivity index (χ2v) is 7.95. The number of hydrogen-bond donors (Lipinski definition) is 2. The standard InChI is InChI=1S/C22H22F5N3O4/c1-4-12-15(11-5-6-13(23)16(24)17(11)33-3)18(34-21(12,2)22(25,26)27)20(32)30-10-7-8-29-14(9-10)19(28)31/h5-9,12,15,18H,4H2,1-3H3,(H2,28,31)(H,29,30,32)/t12-,15+,18+,21-/m1/s1. The molecular formula is C22H22F5N3O4. The molecule has 0 saturated carbocycles. The van der Waals surface area contributed by atoms with Gasteiger partial charge in [0.1, 0.15) is 11.8 Å². The van der Waals surface area contributed by atoms with Gasteiger partial charge in [0.05, 0.1) is 7.11 Å². The van der Waals surface area contributed by atoms with Crippen LogP contribution in [0.1, 0.15) is 42.2 Å². The molecule has 34 heavy (non-hydrogen) atoms. The number of benzene rings is 1. The molecule has 1 aliphatic heterocycles. The Kier molecular flexibility index (Phi) is 6.83. The van der Waals surface area contributed by atoms with Gasteiger partial charge < -0.3 is 20.5 Å². The summed E-state index contributed by atoms with van der Waals surface area (Å²) >= 11 is 0. The van der Waals surface area contributed by atoms with E-state index < -0.39 is 58.9 Å². The zero-order valence-corrected chi connectivity index (χ0v) is 18.4. The quantitative estimate of drug-likeness (QED) is 0.601. The number of anilines is 1. The monoisotopic (exact) mass is 487 g/mol. The Morgan fingerprint density at radius 1 is 1.26 bits per heavy atom. The molecule has 1 saturated heterocycles. The number of amides is 2. The van der Waals surface area contributed by atoms with Gasteiger partial charge in [-0.1, -0.05) is 13.0 Å². The molecule has 2 heterocycles. The number of aromatic nitrogens is 1. The molecule has 3 N–H and O–H groups in total. The highest BCUT2D eigenvalue weighted by Crippen LogP contribution is 2.56. The van der Waals surface area contributed by atoms with Crippen LogP contribution >= 0.6 is 0 Å². The molecule has 4 atom stereocenters. The number of carbonyl (C=O) groups is 2. The molecule has 2 aromatic rings. The van der Waals surface area contributed by atoms with E-state index in [2.05, 4.69) is 10.3 Å². The van der Waals surface area contributed by atoms with Gasteiger partial charge in [0, 0.05) is 29.3 Å². The summed E-state index contributed by atoms with van der Waals surface area (Å²) in [5.41, 5.74) is 2.09. The smallest absolute Gasteiger partial charge is 0.417 e. The third-order valence-corrected chi connectivity index (χ3v) is 6.02. The number of nitrogens with two attached hydrogens (primary N) is 1. The van der Waals surface area contributed by atoms with Crippen LogP contribution in [-0.4, -0.2) is 41.8 Å². The molecule has 3 rings (SSSR count). The van der Waals surface area contributed by atoms with E-state index in [9.17, 15) is 31.5 Å². The van der Waals surface area contributed by atoms with Crippen molar-refractivity contribution < 1.29 is 41.0 Å². The predicted octanol–water partition coefficient (Wildman–Crippen LogP) is 3.94. The second kappa shape index (κ2) is 9.16. The number of rotatable bonds is 6. The molecule has 0 bridgehead atoms. The first-order valence-corrected chi connectivity index (χ1v) is 10.2. The van der Waals surface area contributed by atoms with E-state index >= 15 is 0 Å². The van der Waals surface area contributed by atoms with Gasteiger partial charge >= 0.3 is 6.18 Å².